The molecule has 1 aromatic carbocycles. The standard InChI is InChI=1S/C17H24ClN3O2/c1-11(19)13-7-9-21(10-8-13)17(23)12(2)20-16(22)14-3-5-15(18)6-4-14/h3-6,11-13H,7-10,19H2,1-2H3,(H,20,22). The second kappa shape index (κ2) is 7.79. The molecule has 126 valence electrons. The van der Waals surface area contributed by atoms with Crippen LogP contribution in [0.5, 0.6) is 0 Å². The number of amides is 2. The lowest BCUT2D eigenvalue weighted by Crippen LogP contribution is -2.50. The second-order valence-corrected chi connectivity index (χ2v) is 6.66. The lowest BCUT2D eigenvalue weighted by Gasteiger charge is -2.35. The van der Waals surface area contributed by atoms with Gasteiger partial charge < -0.3 is 16.0 Å². The average Bonchev–Trinajstić information content (AvgIpc) is 2.54. The highest BCUT2D eigenvalue weighted by Crippen LogP contribution is 2.20. The Morgan fingerprint density at radius 3 is 2.30 bits per heavy atom. The second-order valence-electron chi connectivity index (χ2n) is 6.22. The van der Waals surface area contributed by atoms with Crippen LogP contribution in [0.25, 0.3) is 0 Å². The van der Waals surface area contributed by atoms with E-state index in [0.29, 0.717) is 29.6 Å². The maximum absolute atomic E-state index is 12.5. The molecule has 6 heteroatoms. The van der Waals surface area contributed by atoms with Crippen LogP contribution in [0.4, 0.5) is 0 Å². The van der Waals surface area contributed by atoms with Crippen molar-refractivity contribution in [3.05, 3.63) is 34.9 Å². The van der Waals surface area contributed by atoms with E-state index in [1.165, 1.54) is 0 Å². The topological polar surface area (TPSA) is 75.4 Å². The highest BCUT2D eigenvalue weighted by atomic mass is 35.5. The van der Waals surface area contributed by atoms with Crippen LogP contribution in [0.15, 0.2) is 24.3 Å². The number of carbonyl (C=O) groups is 2. The Kier molecular flexibility index (Phi) is 6.02. The molecule has 0 aliphatic carbocycles. The van der Waals surface area contributed by atoms with Gasteiger partial charge in [0.1, 0.15) is 6.04 Å². The zero-order valence-electron chi connectivity index (χ0n) is 13.6. The van der Waals surface area contributed by atoms with Gasteiger partial charge in [-0.05, 0) is 56.9 Å². The highest BCUT2D eigenvalue weighted by molar-refractivity contribution is 6.30. The Morgan fingerprint density at radius 2 is 1.78 bits per heavy atom. The summed E-state index contributed by atoms with van der Waals surface area (Å²) in [5.74, 6) is 0.154. The Balaban J connectivity index is 1.88. The number of hydrogen-bond donors (Lipinski definition) is 2. The van der Waals surface area contributed by atoms with Crippen LogP contribution in [0, 0.1) is 5.92 Å². The minimum absolute atomic E-state index is 0.0459. The van der Waals surface area contributed by atoms with E-state index in [1.54, 1.807) is 31.2 Å². The van der Waals surface area contributed by atoms with Crippen molar-refractivity contribution in [2.45, 2.75) is 38.8 Å². The van der Waals surface area contributed by atoms with Crippen LogP contribution < -0.4 is 11.1 Å². The first-order valence-corrected chi connectivity index (χ1v) is 8.37. The van der Waals surface area contributed by atoms with E-state index < -0.39 is 6.04 Å². The van der Waals surface area contributed by atoms with E-state index in [9.17, 15) is 9.59 Å². The van der Waals surface area contributed by atoms with Crippen molar-refractivity contribution in [3.8, 4) is 0 Å². The molecular weight excluding hydrogens is 314 g/mol. The van der Waals surface area contributed by atoms with Gasteiger partial charge in [-0.1, -0.05) is 11.6 Å². The molecule has 0 saturated carbocycles. The molecular formula is C17H24ClN3O2. The molecule has 1 aliphatic rings. The molecule has 1 aromatic rings. The van der Waals surface area contributed by atoms with Crippen LogP contribution in [0.1, 0.15) is 37.0 Å². The molecule has 1 aliphatic heterocycles. The number of likely N-dealkylation sites (tertiary alicyclic amines) is 1. The van der Waals surface area contributed by atoms with Gasteiger partial charge in [0.05, 0.1) is 0 Å². The SMILES string of the molecule is CC(NC(=O)c1ccc(Cl)cc1)C(=O)N1CCC(C(C)N)CC1. The van der Waals surface area contributed by atoms with Gasteiger partial charge in [0, 0.05) is 29.7 Å². The summed E-state index contributed by atoms with van der Waals surface area (Å²) in [6.45, 7) is 5.13. The first kappa shape index (κ1) is 17.8. The minimum Gasteiger partial charge on any atom is -0.341 e. The summed E-state index contributed by atoms with van der Waals surface area (Å²) in [7, 11) is 0. The molecule has 2 unspecified atom stereocenters. The lowest BCUT2D eigenvalue weighted by atomic mass is 9.91. The predicted molar refractivity (Wildman–Crippen MR) is 91.3 cm³/mol. The molecule has 2 amide bonds. The number of rotatable bonds is 4. The first-order valence-electron chi connectivity index (χ1n) is 7.99. The number of carbonyl (C=O) groups excluding carboxylic acids is 2. The minimum atomic E-state index is -0.551. The third-order valence-corrected chi connectivity index (χ3v) is 4.67. The molecule has 0 bridgehead atoms. The van der Waals surface area contributed by atoms with Crippen molar-refractivity contribution in [1.29, 1.82) is 0 Å². The van der Waals surface area contributed by atoms with Gasteiger partial charge in [0.15, 0.2) is 0 Å². The largest absolute Gasteiger partial charge is 0.341 e. The van der Waals surface area contributed by atoms with Gasteiger partial charge in [-0.15, -0.1) is 0 Å². The van der Waals surface area contributed by atoms with Crippen LogP contribution in [0.2, 0.25) is 5.02 Å². The molecule has 1 heterocycles. The Bertz CT molecular complexity index is 551. The van der Waals surface area contributed by atoms with E-state index in [2.05, 4.69) is 5.32 Å². The number of benzene rings is 1. The summed E-state index contributed by atoms with van der Waals surface area (Å²) in [6.07, 6.45) is 1.84. The van der Waals surface area contributed by atoms with Gasteiger partial charge in [0.2, 0.25) is 5.91 Å². The molecule has 0 aromatic heterocycles. The van der Waals surface area contributed by atoms with Gasteiger partial charge in [-0.25, -0.2) is 0 Å². The summed E-state index contributed by atoms with van der Waals surface area (Å²) in [6, 6.07) is 6.20. The highest BCUT2D eigenvalue weighted by Gasteiger charge is 2.28. The number of nitrogens with zero attached hydrogens (tertiary/aromatic N) is 1. The fourth-order valence-corrected chi connectivity index (χ4v) is 2.99. The van der Waals surface area contributed by atoms with Crippen molar-refractivity contribution in [2.75, 3.05) is 13.1 Å². The maximum atomic E-state index is 12.5. The molecule has 2 atom stereocenters. The van der Waals surface area contributed by atoms with Crippen LogP contribution in [0.3, 0.4) is 0 Å². The number of nitrogens with two attached hydrogens (primary N) is 1. The van der Waals surface area contributed by atoms with Gasteiger partial charge in [-0.3, -0.25) is 9.59 Å². The quantitative estimate of drug-likeness (QED) is 0.882. The summed E-state index contributed by atoms with van der Waals surface area (Å²) in [4.78, 5) is 26.4. The molecule has 23 heavy (non-hydrogen) atoms. The Hall–Kier alpha value is -1.59. The molecule has 5 nitrogen and oxygen atoms in total. The number of piperidine rings is 1. The average molecular weight is 338 g/mol. The molecule has 1 saturated heterocycles. The van der Waals surface area contributed by atoms with E-state index in [0.717, 1.165) is 12.8 Å². The summed E-state index contributed by atoms with van der Waals surface area (Å²) >= 11 is 5.81. The van der Waals surface area contributed by atoms with Crippen molar-refractivity contribution < 1.29 is 9.59 Å². The smallest absolute Gasteiger partial charge is 0.251 e. The number of nitrogens with one attached hydrogen (secondary N) is 1. The fourth-order valence-electron chi connectivity index (χ4n) is 2.86. The zero-order valence-corrected chi connectivity index (χ0v) is 14.3. The fraction of sp³-hybridized carbons (Fsp3) is 0.529. The van der Waals surface area contributed by atoms with E-state index >= 15 is 0 Å². The Morgan fingerprint density at radius 1 is 1.22 bits per heavy atom. The summed E-state index contributed by atoms with van der Waals surface area (Å²) < 4.78 is 0. The molecule has 0 radical (unpaired) electrons. The number of hydrogen-bond acceptors (Lipinski definition) is 3. The van der Waals surface area contributed by atoms with E-state index in [-0.39, 0.29) is 17.9 Å². The van der Waals surface area contributed by atoms with Gasteiger partial charge >= 0.3 is 0 Å². The van der Waals surface area contributed by atoms with E-state index in [4.69, 9.17) is 17.3 Å². The molecule has 1 fully saturated rings. The summed E-state index contributed by atoms with van der Waals surface area (Å²) in [5, 5.41) is 3.32. The first-order chi connectivity index (χ1) is 10.9. The molecule has 0 spiro atoms. The third-order valence-electron chi connectivity index (χ3n) is 4.42. The van der Waals surface area contributed by atoms with Gasteiger partial charge in [-0.2, -0.15) is 0 Å². The molecule has 3 N–H and O–H groups in total. The van der Waals surface area contributed by atoms with Crippen molar-refractivity contribution >= 4 is 23.4 Å². The van der Waals surface area contributed by atoms with Crippen LogP contribution in [-0.4, -0.2) is 41.9 Å². The van der Waals surface area contributed by atoms with Gasteiger partial charge in [0.25, 0.3) is 5.91 Å². The van der Waals surface area contributed by atoms with E-state index in [1.807, 2.05) is 11.8 Å². The third kappa shape index (κ3) is 4.69. The predicted octanol–water partition coefficient (Wildman–Crippen LogP) is 2.04. The van der Waals surface area contributed by atoms with Crippen LogP contribution in [-0.2, 0) is 4.79 Å². The van der Waals surface area contributed by atoms with Crippen molar-refractivity contribution in [1.82, 2.24) is 10.2 Å². The summed E-state index contributed by atoms with van der Waals surface area (Å²) in [5.41, 5.74) is 6.41. The van der Waals surface area contributed by atoms with Crippen molar-refractivity contribution in [3.63, 3.8) is 0 Å². The lowest BCUT2D eigenvalue weighted by molar-refractivity contribution is -0.134. The monoisotopic (exact) mass is 337 g/mol. The normalized spacial score (nSPS) is 18.3. The zero-order chi connectivity index (χ0) is 17.0. The van der Waals surface area contributed by atoms with Crippen LogP contribution >= 0.6 is 11.6 Å². The Labute approximate surface area is 142 Å². The van der Waals surface area contributed by atoms with Crippen molar-refractivity contribution in [2.24, 2.45) is 11.7 Å². The maximum Gasteiger partial charge on any atom is 0.251 e. The molecule has 2 rings (SSSR count). The number of halogens is 1.